The lowest BCUT2D eigenvalue weighted by molar-refractivity contribution is -0.138. The van der Waals surface area contributed by atoms with Gasteiger partial charge in [0.2, 0.25) is 5.91 Å². The molecular formula is C16H21ClF3N3O2. The highest BCUT2D eigenvalue weighted by Gasteiger charge is 2.40. The molecule has 2 aliphatic rings. The Labute approximate surface area is 149 Å². The van der Waals surface area contributed by atoms with Crippen LogP contribution in [0.5, 0.6) is 0 Å². The van der Waals surface area contributed by atoms with Crippen LogP contribution < -0.4 is 10.9 Å². The van der Waals surface area contributed by atoms with Crippen molar-refractivity contribution in [3.8, 4) is 0 Å². The van der Waals surface area contributed by atoms with E-state index in [2.05, 4.69) is 5.32 Å². The zero-order chi connectivity index (χ0) is 17.4. The summed E-state index contributed by atoms with van der Waals surface area (Å²) < 4.78 is 39.1. The molecule has 5 nitrogen and oxygen atoms in total. The molecule has 1 spiro atoms. The van der Waals surface area contributed by atoms with Gasteiger partial charge in [-0.05, 0) is 31.9 Å². The first kappa shape index (κ1) is 19.8. The van der Waals surface area contributed by atoms with Crippen molar-refractivity contribution >= 4 is 18.3 Å². The van der Waals surface area contributed by atoms with Crippen molar-refractivity contribution in [2.75, 3.05) is 26.2 Å². The minimum absolute atomic E-state index is 0. The second-order valence-corrected chi connectivity index (χ2v) is 6.73. The maximum atomic E-state index is 12.8. The number of likely N-dealkylation sites (tertiary alicyclic amines) is 1. The van der Waals surface area contributed by atoms with Gasteiger partial charge in [-0.15, -0.1) is 12.4 Å². The Morgan fingerprint density at radius 2 is 2.04 bits per heavy atom. The summed E-state index contributed by atoms with van der Waals surface area (Å²) in [6, 6.07) is 1.59. The number of rotatable bonds is 2. The number of nitrogens with zero attached hydrogens (tertiary/aromatic N) is 2. The van der Waals surface area contributed by atoms with Crippen LogP contribution in [0.25, 0.3) is 0 Å². The van der Waals surface area contributed by atoms with E-state index in [4.69, 9.17) is 0 Å². The number of nitrogens with one attached hydrogen (secondary N) is 1. The first-order chi connectivity index (χ1) is 11.3. The second kappa shape index (κ2) is 7.37. The molecule has 2 aliphatic heterocycles. The summed E-state index contributed by atoms with van der Waals surface area (Å²) in [4.78, 5) is 25.8. The number of halogens is 4. The van der Waals surface area contributed by atoms with Gasteiger partial charge in [-0.2, -0.15) is 13.2 Å². The smallest absolute Gasteiger partial charge is 0.341 e. The summed E-state index contributed by atoms with van der Waals surface area (Å²) in [6.07, 6.45) is -0.816. The van der Waals surface area contributed by atoms with Gasteiger partial charge in [-0.25, -0.2) is 0 Å². The Hall–Kier alpha value is -1.54. The van der Waals surface area contributed by atoms with Gasteiger partial charge in [-0.3, -0.25) is 9.59 Å². The molecule has 1 atom stereocenters. The lowest BCUT2D eigenvalue weighted by Crippen LogP contribution is -2.43. The van der Waals surface area contributed by atoms with Crippen molar-refractivity contribution in [1.82, 2.24) is 14.8 Å². The molecule has 140 valence electrons. The van der Waals surface area contributed by atoms with Crippen molar-refractivity contribution < 1.29 is 18.0 Å². The van der Waals surface area contributed by atoms with Gasteiger partial charge in [0.05, 0.1) is 5.56 Å². The van der Waals surface area contributed by atoms with Crippen molar-refractivity contribution in [2.45, 2.75) is 32.0 Å². The van der Waals surface area contributed by atoms with Gasteiger partial charge >= 0.3 is 6.18 Å². The SMILES string of the molecule is Cl.O=C(Cn1cc(C(F)(F)F)ccc1=O)N1CCC2(CCCNC2)C1. The number of pyridine rings is 1. The molecule has 2 saturated heterocycles. The fraction of sp³-hybridized carbons (Fsp3) is 0.625. The van der Waals surface area contributed by atoms with Crippen molar-refractivity contribution in [1.29, 1.82) is 0 Å². The van der Waals surface area contributed by atoms with Crippen LogP contribution in [0.4, 0.5) is 13.2 Å². The summed E-state index contributed by atoms with van der Waals surface area (Å²) in [5, 5.41) is 3.34. The number of carbonyl (C=O) groups excluding carboxylic acids is 1. The average Bonchev–Trinajstić information content (AvgIpc) is 2.93. The van der Waals surface area contributed by atoms with Crippen molar-refractivity contribution in [3.63, 3.8) is 0 Å². The predicted molar refractivity (Wildman–Crippen MR) is 88.7 cm³/mol. The highest BCUT2D eigenvalue weighted by molar-refractivity contribution is 5.85. The van der Waals surface area contributed by atoms with E-state index in [-0.39, 0.29) is 30.3 Å². The number of aromatic nitrogens is 1. The zero-order valence-corrected chi connectivity index (χ0v) is 14.5. The van der Waals surface area contributed by atoms with Gasteiger partial charge in [0.1, 0.15) is 6.54 Å². The number of amides is 1. The third-order valence-corrected chi connectivity index (χ3v) is 4.97. The number of hydrogen-bond acceptors (Lipinski definition) is 3. The van der Waals surface area contributed by atoms with E-state index in [1.54, 1.807) is 4.90 Å². The standard InChI is InChI=1S/C16H20F3N3O2.ClH/c17-16(18,19)12-2-3-13(23)22(8-12)9-14(24)21-7-5-15(11-21)4-1-6-20-10-15;/h2-3,8,20H,1,4-7,9-11H2;1H. The van der Waals surface area contributed by atoms with Gasteiger partial charge in [0.25, 0.3) is 5.56 Å². The Morgan fingerprint density at radius 3 is 2.68 bits per heavy atom. The van der Waals surface area contributed by atoms with Crippen LogP contribution in [0.1, 0.15) is 24.8 Å². The fourth-order valence-corrected chi connectivity index (χ4v) is 3.59. The highest BCUT2D eigenvalue weighted by Crippen LogP contribution is 2.36. The first-order valence-electron chi connectivity index (χ1n) is 8.05. The van der Waals surface area contributed by atoms with E-state index in [0.29, 0.717) is 19.3 Å². The van der Waals surface area contributed by atoms with E-state index in [9.17, 15) is 22.8 Å². The maximum absolute atomic E-state index is 12.8. The molecule has 1 aromatic heterocycles. The summed E-state index contributed by atoms with van der Waals surface area (Å²) in [5.74, 6) is -0.307. The molecule has 1 amide bonds. The molecule has 0 bridgehead atoms. The van der Waals surface area contributed by atoms with E-state index >= 15 is 0 Å². The average molecular weight is 380 g/mol. The number of alkyl halides is 3. The van der Waals surface area contributed by atoms with E-state index < -0.39 is 17.3 Å². The summed E-state index contributed by atoms with van der Waals surface area (Å²) in [5.41, 5.74) is -1.46. The molecule has 1 unspecified atom stereocenters. The predicted octanol–water partition coefficient (Wildman–Crippen LogP) is 1.89. The van der Waals surface area contributed by atoms with E-state index in [1.165, 1.54) is 0 Å². The molecule has 0 saturated carbocycles. The van der Waals surface area contributed by atoms with E-state index in [1.807, 2.05) is 0 Å². The fourth-order valence-electron chi connectivity index (χ4n) is 3.59. The minimum atomic E-state index is -4.54. The van der Waals surface area contributed by atoms with E-state index in [0.717, 1.165) is 49.1 Å². The van der Waals surface area contributed by atoms with Crippen LogP contribution in [-0.4, -0.2) is 41.6 Å². The molecule has 1 aromatic rings. The molecule has 25 heavy (non-hydrogen) atoms. The summed E-state index contributed by atoms with van der Waals surface area (Å²) >= 11 is 0. The molecule has 3 heterocycles. The molecular weight excluding hydrogens is 359 g/mol. The molecule has 2 fully saturated rings. The lowest BCUT2D eigenvalue weighted by Gasteiger charge is -2.33. The van der Waals surface area contributed by atoms with Crippen molar-refractivity contribution in [2.24, 2.45) is 5.41 Å². The molecule has 3 rings (SSSR count). The van der Waals surface area contributed by atoms with Crippen LogP contribution in [0.2, 0.25) is 0 Å². The Bertz CT molecular complexity index is 684. The summed E-state index contributed by atoms with van der Waals surface area (Å²) in [7, 11) is 0. The van der Waals surface area contributed by atoms with Crippen molar-refractivity contribution in [3.05, 3.63) is 34.2 Å². The zero-order valence-electron chi connectivity index (χ0n) is 13.6. The second-order valence-electron chi connectivity index (χ2n) is 6.73. The molecule has 0 aliphatic carbocycles. The minimum Gasteiger partial charge on any atom is -0.341 e. The monoisotopic (exact) mass is 379 g/mol. The van der Waals surface area contributed by atoms with Gasteiger partial charge in [-0.1, -0.05) is 0 Å². The molecule has 1 N–H and O–H groups in total. The van der Waals surface area contributed by atoms with Gasteiger partial charge in [0.15, 0.2) is 0 Å². The number of piperidine rings is 1. The van der Waals surface area contributed by atoms with Crippen LogP contribution >= 0.6 is 12.4 Å². The van der Waals surface area contributed by atoms with Gasteiger partial charge < -0.3 is 14.8 Å². The first-order valence-corrected chi connectivity index (χ1v) is 8.05. The Morgan fingerprint density at radius 1 is 1.28 bits per heavy atom. The van der Waals surface area contributed by atoms with Crippen LogP contribution in [-0.2, 0) is 17.5 Å². The quantitative estimate of drug-likeness (QED) is 0.853. The number of carbonyl (C=O) groups is 1. The molecule has 0 aromatic carbocycles. The largest absolute Gasteiger partial charge is 0.417 e. The highest BCUT2D eigenvalue weighted by atomic mass is 35.5. The third kappa shape index (κ3) is 4.36. The molecule has 9 heteroatoms. The Balaban J connectivity index is 0.00000225. The Kier molecular flexibility index (Phi) is 5.83. The van der Waals surface area contributed by atoms with Crippen LogP contribution in [0.15, 0.2) is 23.1 Å². The third-order valence-electron chi connectivity index (χ3n) is 4.97. The van der Waals surface area contributed by atoms with Crippen LogP contribution in [0, 0.1) is 5.41 Å². The number of hydrogen-bond donors (Lipinski definition) is 1. The van der Waals surface area contributed by atoms with Crippen LogP contribution in [0.3, 0.4) is 0 Å². The normalized spacial score (nSPS) is 23.6. The van der Waals surface area contributed by atoms with Gasteiger partial charge in [0, 0.05) is 37.3 Å². The molecule has 0 radical (unpaired) electrons. The summed E-state index contributed by atoms with van der Waals surface area (Å²) in [6.45, 7) is 2.68. The lowest BCUT2D eigenvalue weighted by atomic mass is 9.80. The topological polar surface area (TPSA) is 54.3 Å². The maximum Gasteiger partial charge on any atom is 0.417 e.